The van der Waals surface area contributed by atoms with Crippen molar-refractivity contribution in [1.29, 1.82) is 0 Å². The standard InChI is InChI=1S/C19H19NO2/c1-22-18-9-7-15(8-10-18)16-11-13-20(14-12-16)19(21)17-5-3-2-4-6-17/h2-11H,12-14H2,1H3. The molecule has 0 radical (unpaired) electrons. The van der Waals surface area contributed by atoms with Gasteiger partial charge in [0.2, 0.25) is 0 Å². The number of ether oxygens (including phenoxy) is 1. The average molecular weight is 293 g/mol. The van der Waals surface area contributed by atoms with Gasteiger partial charge in [-0.05, 0) is 41.8 Å². The van der Waals surface area contributed by atoms with Gasteiger partial charge < -0.3 is 9.64 Å². The van der Waals surface area contributed by atoms with Crippen LogP contribution in [-0.4, -0.2) is 31.0 Å². The minimum atomic E-state index is 0.102. The van der Waals surface area contributed by atoms with Crippen molar-refractivity contribution in [3.63, 3.8) is 0 Å². The number of carbonyl (C=O) groups is 1. The fourth-order valence-corrected chi connectivity index (χ4v) is 2.68. The van der Waals surface area contributed by atoms with Gasteiger partial charge in [0.25, 0.3) is 5.91 Å². The van der Waals surface area contributed by atoms with Gasteiger partial charge in [-0.2, -0.15) is 0 Å². The van der Waals surface area contributed by atoms with Gasteiger partial charge >= 0.3 is 0 Å². The molecule has 22 heavy (non-hydrogen) atoms. The van der Waals surface area contributed by atoms with Gasteiger partial charge in [-0.25, -0.2) is 0 Å². The predicted molar refractivity (Wildman–Crippen MR) is 87.9 cm³/mol. The quantitative estimate of drug-likeness (QED) is 0.865. The molecule has 0 fully saturated rings. The highest BCUT2D eigenvalue weighted by atomic mass is 16.5. The Morgan fingerprint density at radius 1 is 1.05 bits per heavy atom. The summed E-state index contributed by atoms with van der Waals surface area (Å²) >= 11 is 0. The fourth-order valence-electron chi connectivity index (χ4n) is 2.68. The van der Waals surface area contributed by atoms with Crippen LogP contribution in [0.5, 0.6) is 5.75 Å². The average Bonchev–Trinajstić information content (AvgIpc) is 2.62. The Kier molecular flexibility index (Phi) is 4.24. The zero-order valence-corrected chi connectivity index (χ0v) is 12.7. The molecule has 0 N–H and O–H groups in total. The summed E-state index contributed by atoms with van der Waals surface area (Å²) in [6, 6.07) is 17.5. The van der Waals surface area contributed by atoms with Crippen LogP contribution in [0.15, 0.2) is 60.7 Å². The molecular formula is C19H19NO2. The number of benzene rings is 2. The van der Waals surface area contributed by atoms with Gasteiger partial charge in [0.1, 0.15) is 5.75 Å². The van der Waals surface area contributed by atoms with Crippen molar-refractivity contribution >= 4 is 11.5 Å². The number of nitrogens with zero attached hydrogens (tertiary/aromatic N) is 1. The number of methoxy groups -OCH3 is 1. The lowest BCUT2D eigenvalue weighted by Crippen LogP contribution is -2.34. The molecule has 2 aromatic carbocycles. The topological polar surface area (TPSA) is 29.5 Å². The Labute approximate surface area is 130 Å². The van der Waals surface area contributed by atoms with Crippen LogP contribution in [0.4, 0.5) is 0 Å². The zero-order chi connectivity index (χ0) is 15.4. The van der Waals surface area contributed by atoms with Gasteiger partial charge in [-0.3, -0.25) is 4.79 Å². The molecule has 1 aliphatic rings. The summed E-state index contributed by atoms with van der Waals surface area (Å²) in [5.74, 6) is 0.965. The van der Waals surface area contributed by atoms with E-state index in [1.807, 2.05) is 47.4 Å². The highest BCUT2D eigenvalue weighted by Gasteiger charge is 2.18. The van der Waals surface area contributed by atoms with Crippen LogP contribution in [0.3, 0.4) is 0 Å². The van der Waals surface area contributed by atoms with Crippen LogP contribution in [0.2, 0.25) is 0 Å². The molecule has 0 spiro atoms. The number of amides is 1. The molecule has 1 aliphatic heterocycles. The molecule has 1 amide bonds. The molecular weight excluding hydrogens is 274 g/mol. The Hall–Kier alpha value is -2.55. The third-order valence-electron chi connectivity index (χ3n) is 3.98. The predicted octanol–water partition coefficient (Wildman–Crippen LogP) is 3.62. The third kappa shape index (κ3) is 3.03. The molecule has 1 heterocycles. The Morgan fingerprint density at radius 2 is 1.77 bits per heavy atom. The van der Waals surface area contributed by atoms with E-state index in [0.717, 1.165) is 24.3 Å². The molecule has 0 unspecified atom stereocenters. The van der Waals surface area contributed by atoms with Crippen LogP contribution in [0.1, 0.15) is 22.3 Å². The molecule has 0 bridgehead atoms. The minimum Gasteiger partial charge on any atom is -0.497 e. The first-order chi connectivity index (χ1) is 10.8. The van der Waals surface area contributed by atoms with Crippen molar-refractivity contribution < 1.29 is 9.53 Å². The number of rotatable bonds is 3. The zero-order valence-electron chi connectivity index (χ0n) is 12.7. The van der Waals surface area contributed by atoms with Gasteiger partial charge in [-0.1, -0.05) is 36.4 Å². The molecule has 0 atom stereocenters. The molecule has 0 saturated heterocycles. The maximum absolute atomic E-state index is 12.4. The van der Waals surface area contributed by atoms with Crippen molar-refractivity contribution in [3.05, 3.63) is 71.8 Å². The van der Waals surface area contributed by atoms with E-state index in [1.54, 1.807) is 7.11 Å². The molecule has 112 valence electrons. The Bertz CT molecular complexity index is 674. The van der Waals surface area contributed by atoms with Gasteiger partial charge in [0.05, 0.1) is 7.11 Å². The second-order valence-electron chi connectivity index (χ2n) is 5.33. The summed E-state index contributed by atoms with van der Waals surface area (Å²) in [4.78, 5) is 14.3. The SMILES string of the molecule is COc1ccc(C2=CCN(C(=O)c3ccccc3)CC2)cc1. The summed E-state index contributed by atoms with van der Waals surface area (Å²) in [6.07, 6.45) is 3.02. The maximum Gasteiger partial charge on any atom is 0.254 e. The van der Waals surface area contributed by atoms with E-state index < -0.39 is 0 Å². The number of hydrogen-bond acceptors (Lipinski definition) is 2. The van der Waals surface area contributed by atoms with Crippen molar-refractivity contribution in [1.82, 2.24) is 4.90 Å². The van der Waals surface area contributed by atoms with Crippen molar-refractivity contribution in [2.24, 2.45) is 0 Å². The normalized spacial score (nSPS) is 14.4. The van der Waals surface area contributed by atoms with E-state index in [1.165, 1.54) is 11.1 Å². The van der Waals surface area contributed by atoms with E-state index in [0.29, 0.717) is 6.54 Å². The highest BCUT2D eigenvalue weighted by Crippen LogP contribution is 2.25. The summed E-state index contributed by atoms with van der Waals surface area (Å²) in [7, 11) is 1.67. The molecule has 0 aliphatic carbocycles. The largest absolute Gasteiger partial charge is 0.497 e. The second kappa shape index (κ2) is 6.48. The second-order valence-corrected chi connectivity index (χ2v) is 5.33. The van der Waals surface area contributed by atoms with Gasteiger partial charge in [0, 0.05) is 18.7 Å². The van der Waals surface area contributed by atoms with E-state index >= 15 is 0 Å². The van der Waals surface area contributed by atoms with E-state index in [-0.39, 0.29) is 5.91 Å². The van der Waals surface area contributed by atoms with E-state index in [2.05, 4.69) is 18.2 Å². The van der Waals surface area contributed by atoms with Crippen molar-refractivity contribution in [2.45, 2.75) is 6.42 Å². The Balaban J connectivity index is 1.70. The molecule has 2 aromatic rings. The first-order valence-corrected chi connectivity index (χ1v) is 7.46. The third-order valence-corrected chi connectivity index (χ3v) is 3.98. The summed E-state index contributed by atoms with van der Waals surface area (Å²) in [5.41, 5.74) is 3.25. The number of carbonyl (C=O) groups excluding carboxylic acids is 1. The monoisotopic (exact) mass is 293 g/mol. The van der Waals surface area contributed by atoms with E-state index in [9.17, 15) is 4.79 Å². The summed E-state index contributed by atoms with van der Waals surface area (Å²) < 4.78 is 5.18. The number of hydrogen-bond donors (Lipinski definition) is 0. The highest BCUT2D eigenvalue weighted by molar-refractivity contribution is 5.94. The summed E-state index contributed by atoms with van der Waals surface area (Å²) in [5, 5.41) is 0. The molecule has 3 nitrogen and oxygen atoms in total. The minimum absolute atomic E-state index is 0.102. The van der Waals surface area contributed by atoms with Crippen LogP contribution < -0.4 is 4.74 Å². The lowest BCUT2D eigenvalue weighted by Gasteiger charge is -2.26. The lowest BCUT2D eigenvalue weighted by molar-refractivity contribution is 0.0773. The van der Waals surface area contributed by atoms with Crippen LogP contribution >= 0.6 is 0 Å². The van der Waals surface area contributed by atoms with Crippen molar-refractivity contribution in [3.8, 4) is 5.75 Å². The van der Waals surface area contributed by atoms with Gasteiger partial charge in [0.15, 0.2) is 0 Å². The van der Waals surface area contributed by atoms with Gasteiger partial charge in [-0.15, -0.1) is 0 Å². The van der Waals surface area contributed by atoms with Crippen LogP contribution in [0, 0.1) is 0 Å². The smallest absolute Gasteiger partial charge is 0.254 e. The van der Waals surface area contributed by atoms with Crippen molar-refractivity contribution in [2.75, 3.05) is 20.2 Å². The van der Waals surface area contributed by atoms with E-state index in [4.69, 9.17) is 4.74 Å². The first-order valence-electron chi connectivity index (χ1n) is 7.46. The summed E-state index contributed by atoms with van der Waals surface area (Å²) in [6.45, 7) is 1.42. The van der Waals surface area contributed by atoms with Crippen LogP contribution in [0.25, 0.3) is 5.57 Å². The van der Waals surface area contributed by atoms with Crippen LogP contribution in [-0.2, 0) is 0 Å². The Morgan fingerprint density at radius 3 is 2.36 bits per heavy atom. The molecule has 0 aromatic heterocycles. The molecule has 3 rings (SSSR count). The lowest BCUT2D eigenvalue weighted by atomic mass is 9.99. The maximum atomic E-state index is 12.4. The molecule has 3 heteroatoms. The molecule has 0 saturated carbocycles. The fraction of sp³-hybridized carbons (Fsp3) is 0.211. The first kappa shape index (κ1) is 14.4.